The Morgan fingerprint density at radius 1 is 1.45 bits per heavy atom. The molecule has 1 unspecified atom stereocenters. The fourth-order valence-corrected chi connectivity index (χ4v) is 2.62. The van der Waals surface area contributed by atoms with E-state index in [1.165, 1.54) is 12.8 Å². The summed E-state index contributed by atoms with van der Waals surface area (Å²) in [5, 5.41) is 2.93. The van der Waals surface area contributed by atoms with Crippen molar-refractivity contribution in [3.05, 3.63) is 18.0 Å². The summed E-state index contributed by atoms with van der Waals surface area (Å²) in [4.78, 5) is 22.9. The molecular weight excluding hydrogens is 256 g/mol. The third-order valence-electron chi connectivity index (χ3n) is 3.83. The predicted octanol–water partition coefficient (Wildman–Crippen LogP) is 0.729. The average Bonchev–Trinajstić information content (AvgIpc) is 3.17. The number of amides is 1. The van der Waals surface area contributed by atoms with Crippen LogP contribution >= 0.6 is 0 Å². The summed E-state index contributed by atoms with van der Waals surface area (Å²) in [6.07, 6.45) is 4.98. The monoisotopic (exact) mass is 276 g/mol. The Bertz CT molecular complexity index is 468. The van der Waals surface area contributed by atoms with E-state index < -0.39 is 0 Å². The molecule has 0 saturated carbocycles. The summed E-state index contributed by atoms with van der Waals surface area (Å²) in [6.45, 7) is 3.72. The van der Waals surface area contributed by atoms with Crippen LogP contribution in [-0.4, -0.2) is 42.2 Å². The second-order valence-corrected chi connectivity index (χ2v) is 5.32. The SMILES string of the molecule is O=C(NCc1ccnc(N2CCCC2)n1)C1CCOC1. The number of anilines is 1. The minimum atomic E-state index is -0.00473. The summed E-state index contributed by atoms with van der Waals surface area (Å²) in [5.74, 6) is 0.831. The van der Waals surface area contributed by atoms with Crippen molar-refractivity contribution in [1.29, 1.82) is 0 Å². The van der Waals surface area contributed by atoms with Crippen molar-refractivity contribution in [3.8, 4) is 0 Å². The Hall–Kier alpha value is -1.69. The van der Waals surface area contributed by atoms with E-state index in [0.717, 1.165) is 31.2 Å². The van der Waals surface area contributed by atoms with Gasteiger partial charge >= 0.3 is 0 Å². The number of ether oxygens (including phenoxy) is 1. The molecule has 2 saturated heterocycles. The van der Waals surface area contributed by atoms with E-state index in [9.17, 15) is 4.79 Å². The number of hydrogen-bond acceptors (Lipinski definition) is 5. The zero-order valence-electron chi connectivity index (χ0n) is 11.5. The Balaban J connectivity index is 1.56. The van der Waals surface area contributed by atoms with Crippen LogP contribution in [0.1, 0.15) is 25.0 Å². The fraction of sp³-hybridized carbons (Fsp3) is 0.643. The highest BCUT2D eigenvalue weighted by molar-refractivity contribution is 5.78. The molecule has 0 aliphatic carbocycles. The van der Waals surface area contributed by atoms with Crippen LogP contribution in [0.5, 0.6) is 0 Å². The summed E-state index contributed by atoms with van der Waals surface area (Å²) >= 11 is 0. The van der Waals surface area contributed by atoms with E-state index in [2.05, 4.69) is 20.2 Å². The smallest absolute Gasteiger partial charge is 0.225 e. The lowest BCUT2D eigenvalue weighted by molar-refractivity contribution is -0.125. The maximum absolute atomic E-state index is 11.9. The third kappa shape index (κ3) is 3.07. The molecule has 3 heterocycles. The summed E-state index contributed by atoms with van der Waals surface area (Å²) in [5.41, 5.74) is 0.856. The van der Waals surface area contributed by atoms with Gasteiger partial charge in [-0.25, -0.2) is 9.97 Å². The molecule has 1 amide bonds. The van der Waals surface area contributed by atoms with Crippen LogP contribution in [0.25, 0.3) is 0 Å². The minimum Gasteiger partial charge on any atom is -0.381 e. The molecule has 1 atom stereocenters. The number of aromatic nitrogens is 2. The van der Waals surface area contributed by atoms with Crippen LogP contribution in [0.15, 0.2) is 12.3 Å². The van der Waals surface area contributed by atoms with Gasteiger partial charge in [-0.1, -0.05) is 0 Å². The van der Waals surface area contributed by atoms with Gasteiger partial charge in [-0.2, -0.15) is 0 Å². The second-order valence-electron chi connectivity index (χ2n) is 5.32. The van der Waals surface area contributed by atoms with Crippen LogP contribution in [0.2, 0.25) is 0 Å². The fourth-order valence-electron chi connectivity index (χ4n) is 2.62. The van der Waals surface area contributed by atoms with E-state index in [4.69, 9.17) is 4.74 Å². The maximum Gasteiger partial charge on any atom is 0.225 e. The lowest BCUT2D eigenvalue weighted by Gasteiger charge is -2.15. The third-order valence-corrected chi connectivity index (χ3v) is 3.83. The van der Waals surface area contributed by atoms with E-state index in [1.54, 1.807) is 6.20 Å². The number of carbonyl (C=O) groups excluding carboxylic acids is 1. The van der Waals surface area contributed by atoms with Crippen molar-refractivity contribution in [3.63, 3.8) is 0 Å². The van der Waals surface area contributed by atoms with Crippen LogP contribution in [0, 0.1) is 5.92 Å². The molecule has 6 nitrogen and oxygen atoms in total. The molecule has 6 heteroatoms. The molecule has 108 valence electrons. The Morgan fingerprint density at radius 2 is 2.30 bits per heavy atom. The molecule has 0 spiro atoms. The topological polar surface area (TPSA) is 67.4 Å². The molecule has 20 heavy (non-hydrogen) atoms. The average molecular weight is 276 g/mol. The first kappa shape index (κ1) is 13.3. The van der Waals surface area contributed by atoms with Crippen LogP contribution in [0.3, 0.4) is 0 Å². The Kier molecular flexibility index (Phi) is 4.11. The van der Waals surface area contributed by atoms with E-state index in [1.807, 2.05) is 6.07 Å². The van der Waals surface area contributed by atoms with Gasteiger partial charge in [0.05, 0.1) is 24.8 Å². The molecule has 0 bridgehead atoms. The van der Waals surface area contributed by atoms with Crippen LogP contribution < -0.4 is 10.2 Å². The Morgan fingerprint density at radius 3 is 3.05 bits per heavy atom. The van der Waals surface area contributed by atoms with Crippen molar-refractivity contribution in [2.45, 2.75) is 25.8 Å². The zero-order valence-corrected chi connectivity index (χ0v) is 11.5. The molecule has 0 radical (unpaired) electrons. The van der Waals surface area contributed by atoms with Crippen LogP contribution in [-0.2, 0) is 16.1 Å². The van der Waals surface area contributed by atoms with Crippen molar-refractivity contribution >= 4 is 11.9 Å². The number of nitrogens with one attached hydrogen (secondary N) is 1. The first-order chi connectivity index (χ1) is 9.83. The summed E-state index contributed by atoms with van der Waals surface area (Å²) < 4.78 is 5.22. The van der Waals surface area contributed by atoms with Gasteiger partial charge in [0.15, 0.2) is 0 Å². The van der Waals surface area contributed by atoms with Gasteiger partial charge in [0.25, 0.3) is 0 Å². The molecule has 0 aromatic carbocycles. The molecule has 2 fully saturated rings. The standard InChI is InChI=1S/C14H20N4O2/c19-13(11-4-8-20-10-11)16-9-12-3-5-15-14(17-12)18-6-1-2-7-18/h3,5,11H,1-2,4,6-10H2,(H,16,19). The molecule has 1 aromatic rings. The largest absolute Gasteiger partial charge is 0.381 e. The maximum atomic E-state index is 11.9. The van der Waals surface area contributed by atoms with Gasteiger partial charge in [0.1, 0.15) is 0 Å². The summed E-state index contributed by atoms with van der Waals surface area (Å²) in [7, 11) is 0. The highest BCUT2D eigenvalue weighted by atomic mass is 16.5. The van der Waals surface area contributed by atoms with E-state index in [0.29, 0.717) is 19.8 Å². The van der Waals surface area contributed by atoms with Gasteiger partial charge in [-0.3, -0.25) is 4.79 Å². The van der Waals surface area contributed by atoms with Crippen molar-refractivity contribution in [2.24, 2.45) is 5.92 Å². The minimum absolute atomic E-state index is 0.00473. The van der Waals surface area contributed by atoms with Gasteiger partial charge < -0.3 is 15.0 Å². The molecule has 3 rings (SSSR count). The second kappa shape index (κ2) is 6.17. The van der Waals surface area contributed by atoms with Gasteiger partial charge in [0.2, 0.25) is 11.9 Å². The van der Waals surface area contributed by atoms with Gasteiger partial charge in [-0.05, 0) is 25.3 Å². The first-order valence-electron chi connectivity index (χ1n) is 7.25. The van der Waals surface area contributed by atoms with Gasteiger partial charge in [-0.15, -0.1) is 0 Å². The highest BCUT2D eigenvalue weighted by Gasteiger charge is 2.23. The van der Waals surface area contributed by atoms with Gasteiger partial charge in [0, 0.05) is 25.9 Å². The lowest BCUT2D eigenvalue weighted by atomic mass is 10.1. The van der Waals surface area contributed by atoms with E-state index in [-0.39, 0.29) is 11.8 Å². The molecule has 1 N–H and O–H groups in total. The number of rotatable bonds is 4. The number of carbonyl (C=O) groups is 1. The van der Waals surface area contributed by atoms with Crippen molar-refractivity contribution in [2.75, 3.05) is 31.2 Å². The molecular formula is C14H20N4O2. The summed E-state index contributed by atoms with van der Waals surface area (Å²) in [6, 6.07) is 1.85. The molecule has 2 aliphatic heterocycles. The van der Waals surface area contributed by atoms with Crippen molar-refractivity contribution in [1.82, 2.24) is 15.3 Å². The number of hydrogen-bond donors (Lipinski definition) is 1. The zero-order chi connectivity index (χ0) is 13.8. The quantitative estimate of drug-likeness (QED) is 0.878. The van der Waals surface area contributed by atoms with Crippen molar-refractivity contribution < 1.29 is 9.53 Å². The predicted molar refractivity (Wildman–Crippen MR) is 74.3 cm³/mol. The lowest BCUT2D eigenvalue weighted by Crippen LogP contribution is -2.31. The molecule has 1 aromatic heterocycles. The normalized spacial score (nSPS) is 22.2. The first-order valence-corrected chi connectivity index (χ1v) is 7.25. The molecule has 2 aliphatic rings. The highest BCUT2D eigenvalue weighted by Crippen LogP contribution is 2.15. The Labute approximate surface area is 118 Å². The van der Waals surface area contributed by atoms with Crippen LogP contribution in [0.4, 0.5) is 5.95 Å². The number of nitrogens with zero attached hydrogens (tertiary/aromatic N) is 3. The van der Waals surface area contributed by atoms with E-state index >= 15 is 0 Å².